The van der Waals surface area contributed by atoms with Gasteiger partial charge in [-0.2, -0.15) is 0 Å². The molecule has 1 aromatic heterocycles. The van der Waals surface area contributed by atoms with Crippen LogP contribution in [0, 0.1) is 0 Å². The molecule has 0 saturated carbocycles. The van der Waals surface area contributed by atoms with Gasteiger partial charge in [-0.15, -0.1) is 0 Å². The number of imidazole rings is 1. The van der Waals surface area contributed by atoms with Crippen LogP contribution in [0.5, 0.6) is 0 Å². The fourth-order valence-electron chi connectivity index (χ4n) is 4.23. The van der Waals surface area contributed by atoms with Gasteiger partial charge >= 0.3 is 0 Å². The minimum Gasteiger partial charge on any atom is -0.340 e. The van der Waals surface area contributed by atoms with E-state index in [2.05, 4.69) is 9.97 Å². The average Bonchev–Trinajstić information content (AvgIpc) is 3.39. The number of aromatic nitrogens is 2. The number of benzene rings is 3. The molecule has 5 heteroatoms. The molecular formula is C25H21N3O2. The van der Waals surface area contributed by atoms with Crippen LogP contribution in [0.4, 0.5) is 0 Å². The summed E-state index contributed by atoms with van der Waals surface area (Å²) in [4.78, 5) is 35.9. The minimum absolute atomic E-state index is 0.0497. The number of amides is 1. The zero-order chi connectivity index (χ0) is 20.5. The zero-order valence-corrected chi connectivity index (χ0v) is 16.4. The number of nitrogens with zero attached hydrogens (tertiary/aromatic N) is 2. The first-order valence-corrected chi connectivity index (χ1v) is 10.1. The number of aromatic amines is 1. The lowest BCUT2D eigenvalue weighted by atomic mass is 9.90. The standard InChI is InChI=1S/C25H21N3O2/c29-19-15-22(24-26-20-13-7-8-14-21(20)27-24)28(16-19)25(30)23(17-9-3-1-4-10-17)18-11-5-2-6-12-18/h1-14,22-23H,15-16H2,(H,26,27)/t22-/m0/s1. The van der Waals surface area contributed by atoms with Crippen molar-refractivity contribution < 1.29 is 9.59 Å². The van der Waals surface area contributed by atoms with Crippen LogP contribution in [-0.4, -0.2) is 33.1 Å². The van der Waals surface area contributed by atoms with E-state index in [9.17, 15) is 9.59 Å². The Morgan fingerprint density at radius 2 is 1.50 bits per heavy atom. The molecule has 1 atom stereocenters. The van der Waals surface area contributed by atoms with E-state index in [0.29, 0.717) is 5.82 Å². The van der Waals surface area contributed by atoms with Crippen molar-refractivity contribution in [2.75, 3.05) is 6.54 Å². The van der Waals surface area contributed by atoms with Crippen molar-refractivity contribution in [1.29, 1.82) is 0 Å². The smallest absolute Gasteiger partial charge is 0.235 e. The number of likely N-dealkylation sites (tertiary alicyclic amines) is 1. The molecule has 30 heavy (non-hydrogen) atoms. The number of rotatable bonds is 4. The number of carbonyl (C=O) groups is 2. The summed E-state index contributed by atoms with van der Waals surface area (Å²) < 4.78 is 0. The fourth-order valence-corrected chi connectivity index (χ4v) is 4.23. The Balaban J connectivity index is 1.55. The Labute approximate surface area is 174 Å². The van der Waals surface area contributed by atoms with Gasteiger partial charge in [0.1, 0.15) is 5.82 Å². The molecule has 0 unspecified atom stereocenters. The van der Waals surface area contributed by atoms with Gasteiger partial charge in [0.15, 0.2) is 5.78 Å². The molecule has 1 aliphatic rings. The van der Waals surface area contributed by atoms with Crippen LogP contribution in [-0.2, 0) is 9.59 Å². The molecule has 0 aliphatic carbocycles. The first-order valence-electron chi connectivity index (χ1n) is 10.1. The van der Waals surface area contributed by atoms with Gasteiger partial charge in [0.25, 0.3) is 0 Å². The number of hydrogen-bond donors (Lipinski definition) is 1. The molecule has 1 fully saturated rings. The van der Waals surface area contributed by atoms with Crippen molar-refractivity contribution in [2.24, 2.45) is 0 Å². The lowest BCUT2D eigenvalue weighted by Gasteiger charge is -2.28. The van der Waals surface area contributed by atoms with Crippen LogP contribution in [0.1, 0.15) is 35.3 Å². The van der Waals surface area contributed by atoms with Gasteiger partial charge in [-0.05, 0) is 23.3 Å². The quantitative estimate of drug-likeness (QED) is 0.562. The maximum atomic E-state index is 13.8. The number of para-hydroxylation sites is 2. The maximum absolute atomic E-state index is 13.8. The van der Waals surface area contributed by atoms with E-state index in [0.717, 1.165) is 22.2 Å². The lowest BCUT2D eigenvalue weighted by molar-refractivity contribution is -0.134. The molecule has 1 aliphatic heterocycles. The molecule has 0 radical (unpaired) electrons. The average molecular weight is 395 g/mol. The summed E-state index contributed by atoms with van der Waals surface area (Å²) in [5.41, 5.74) is 3.57. The summed E-state index contributed by atoms with van der Waals surface area (Å²) in [6.07, 6.45) is 0.280. The predicted octanol–water partition coefficient (Wildman–Crippen LogP) is 4.24. The third-order valence-corrected chi connectivity index (χ3v) is 5.66. The lowest BCUT2D eigenvalue weighted by Crippen LogP contribution is -2.36. The maximum Gasteiger partial charge on any atom is 0.235 e. The Morgan fingerprint density at radius 1 is 0.900 bits per heavy atom. The van der Waals surface area contributed by atoms with Crippen molar-refractivity contribution in [3.05, 3.63) is 102 Å². The van der Waals surface area contributed by atoms with Gasteiger partial charge < -0.3 is 9.88 Å². The molecule has 0 spiro atoms. The Kier molecular flexibility index (Phi) is 4.64. The molecule has 5 rings (SSSR count). The van der Waals surface area contributed by atoms with Crippen molar-refractivity contribution in [3.8, 4) is 0 Å². The number of ketones is 1. The minimum atomic E-state index is -0.467. The van der Waals surface area contributed by atoms with E-state index >= 15 is 0 Å². The Hall–Kier alpha value is -3.73. The van der Waals surface area contributed by atoms with E-state index < -0.39 is 5.92 Å². The zero-order valence-electron chi connectivity index (χ0n) is 16.4. The molecule has 2 heterocycles. The van der Waals surface area contributed by atoms with Crippen LogP contribution in [0.15, 0.2) is 84.9 Å². The molecule has 4 aromatic rings. The number of carbonyl (C=O) groups excluding carboxylic acids is 2. The molecule has 3 aromatic carbocycles. The number of hydrogen-bond acceptors (Lipinski definition) is 3. The van der Waals surface area contributed by atoms with Gasteiger partial charge in [0, 0.05) is 6.42 Å². The second-order valence-corrected chi connectivity index (χ2v) is 7.62. The van der Waals surface area contributed by atoms with Gasteiger partial charge in [-0.25, -0.2) is 4.98 Å². The van der Waals surface area contributed by atoms with E-state index in [-0.39, 0.29) is 30.7 Å². The highest BCUT2D eigenvalue weighted by Crippen LogP contribution is 2.35. The molecule has 0 bridgehead atoms. The summed E-state index contributed by atoms with van der Waals surface area (Å²) in [6.45, 7) is 0.108. The summed E-state index contributed by atoms with van der Waals surface area (Å²) in [5.74, 6) is 0.165. The van der Waals surface area contributed by atoms with Crippen LogP contribution < -0.4 is 0 Å². The van der Waals surface area contributed by atoms with Crippen LogP contribution in [0.2, 0.25) is 0 Å². The highest BCUT2D eigenvalue weighted by atomic mass is 16.2. The number of Topliss-reactive ketones (excluding diaryl/α,β-unsaturated/α-hetero) is 1. The summed E-state index contributed by atoms with van der Waals surface area (Å²) in [6, 6.07) is 26.8. The fraction of sp³-hybridized carbons (Fsp3) is 0.160. The Bertz CT molecular complexity index is 1130. The summed E-state index contributed by atoms with van der Waals surface area (Å²) in [5, 5.41) is 0. The SMILES string of the molecule is O=C1C[C@@H](c2nc3ccccc3[nH]2)N(C(=O)C(c2ccccc2)c2ccccc2)C1. The largest absolute Gasteiger partial charge is 0.340 e. The molecule has 5 nitrogen and oxygen atoms in total. The van der Waals surface area contributed by atoms with Crippen molar-refractivity contribution >= 4 is 22.7 Å². The van der Waals surface area contributed by atoms with Gasteiger partial charge in [0.05, 0.1) is 29.5 Å². The molecular weight excluding hydrogens is 374 g/mol. The van der Waals surface area contributed by atoms with Crippen LogP contribution in [0.3, 0.4) is 0 Å². The van der Waals surface area contributed by atoms with Crippen molar-refractivity contribution in [3.63, 3.8) is 0 Å². The predicted molar refractivity (Wildman–Crippen MR) is 115 cm³/mol. The van der Waals surface area contributed by atoms with Gasteiger partial charge in [0.2, 0.25) is 5.91 Å². The second-order valence-electron chi connectivity index (χ2n) is 7.62. The van der Waals surface area contributed by atoms with E-state index in [1.807, 2.05) is 84.9 Å². The summed E-state index contributed by atoms with van der Waals surface area (Å²) in [7, 11) is 0. The van der Waals surface area contributed by atoms with Crippen LogP contribution in [0.25, 0.3) is 11.0 Å². The first kappa shape index (κ1) is 18.3. The highest BCUT2D eigenvalue weighted by Gasteiger charge is 2.40. The highest BCUT2D eigenvalue weighted by molar-refractivity contribution is 5.94. The van der Waals surface area contributed by atoms with Gasteiger partial charge in [-0.3, -0.25) is 9.59 Å². The van der Waals surface area contributed by atoms with Crippen molar-refractivity contribution in [2.45, 2.75) is 18.4 Å². The van der Waals surface area contributed by atoms with E-state index in [4.69, 9.17) is 0 Å². The number of fused-ring (bicyclic) bond motifs is 1. The monoisotopic (exact) mass is 395 g/mol. The Morgan fingerprint density at radius 3 is 2.13 bits per heavy atom. The normalized spacial score (nSPS) is 16.5. The first-order chi connectivity index (χ1) is 14.7. The van der Waals surface area contributed by atoms with E-state index in [1.54, 1.807) is 4.90 Å². The summed E-state index contributed by atoms with van der Waals surface area (Å²) >= 11 is 0. The molecule has 1 saturated heterocycles. The topological polar surface area (TPSA) is 66.1 Å². The van der Waals surface area contributed by atoms with E-state index in [1.165, 1.54) is 0 Å². The molecule has 148 valence electrons. The number of nitrogens with one attached hydrogen (secondary N) is 1. The van der Waals surface area contributed by atoms with Crippen molar-refractivity contribution in [1.82, 2.24) is 14.9 Å². The number of H-pyrrole nitrogens is 1. The molecule has 1 N–H and O–H groups in total. The third kappa shape index (κ3) is 3.28. The third-order valence-electron chi connectivity index (χ3n) is 5.66. The second kappa shape index (κ2) is 7.59. The van der Waals surface area contributed by atoms with Crippen LogP contribution >= 0.6 is 0 Å². The molecule has 1 amide bonds. The van der Waals surface area contributed by atoms with Gasteiger partial charge in [-0.1, -0.05) is 72.8 Å².